The number of hydrogen-bond donors (Lipinski definition) is 2. The molecule has 1 aromatic carbocycles. The third kappa shape index (κ3) is 5.70. The highest BCUT2D eigenvalue weighted by Gasteiger charge is 2.41. The van der Waals surface area contributed by atoms with Crippen LogP contribution in [-0.2, 0) is 4.74 Å². The molecule has 3 rings (SSSR count). The molecule has 0 amide bonds. The molecular weight excluding hydrogens is 436 g/mol. The van der Waals surface area contributed by atoms with Gasteiger partial charge in [-0.3, -0.25) is 0 Å². The van der Waals surface area contributed by atoms with Gasteiger partial charge in [-0.1, -0.05) is 0 Å². The van der Waals surface area contributed by atoms with Gasteiger partial charge in [0.25, 0.3) is 0 Å². The minimum absolute atomic E-state index is 0. The lowest BCUT2D eigenvalue weighted by Crippen LogP contribution is -2.47. The third-order valence-electron chi connectivity index (χ3n) is 4.43. The number of fused-ring (bicyclic) bond motifs is 2. The van der Waals surface area contributed by atoms with E-state index in [0.717, 1.165) is 25.3 Å². The number of aliphatic imine (C=N–C) groups is 1. The van der Waals surface area contributed by atoms with E-state index in [1.165, 1.54) is 18.6 Å². The molecule has 2 aliphatic rings. The first-order chi connectivity index (χ1) is 11.6. The van der Waals surface area contributed by atoms with Crippen molar-refractivity contribution < 1.29 is 13.9 Å². The van der Waals surface area contributed by atoms with Crippen molar-refractivity contribution in [3.63, 3.8) is 0 Å². The van der Waals surface area contributed by atoms with E-state index >= 15 is 0 Å². The molecule has 0 aromatic heterocycles. The van der Waals surface area contributed by atoms with Gasteiger partial charge in [0.1, 0.15) is 17.7 Å². The van der Waals surface area contributed by atoms with Gasteiger partial charge in [-0.25, -0.2) is 9.38 Å². The second kappa shape index (κ2) is 9.56. The zero-order chi connectivity index (χ0) is 16.9. The van der Waals surface area contributed by atoms with E-state index in [9.17, 15) is 4.39 Å². The highest BCUT2D eigenvalue weighted by atomic mass is 127. The van der Waals surface area contributed by atoms with Crippen LogP contribution in [0, 0.1) is 5.82 Å². The van der Waals surface area contributed by atoms with Crippen molar-refractivity contribution >= 4 is 29.9 Å². The quantitative estimate of drug-likeness (QED) is 0.387. The fourth-order valence-electron chi connectivity index (χ4n) is 3.29. The van der Waals surface area contributed by atoms with Crippen LogP contribution in [-0.4, -0.2) is 43.4 Å². The van der Waals surface area contributed by atoms with E-state index in [4.69, 9.17) is 9.47 Å². The zero-order valence-corrected chi connectivity index (χ0v) is 17.0. The molecule has 2 N–H and O–H groups in total. The average molecular weight is 463 g/mol. The topological polar surface area (TPSA) is 54.9 Å². The molecule has 140 valence electrons. The van der Waals surface area contributed by atoms with Crippen LogP contribution in [0.5, 0.6) is 5.75 Å². The highest BCUT2D eigenvalue weighted by molar-refractivity contribution is 14.0. The van der Waals surface area contributed by atoms with E-state index in [-0.39, 0.29) is 35.9 Å². The van der Waals surface area contributed by atoms with E-state index in [0.29, 0.717) is 30.5 Å². The monoisotopic (exact) mass is 463 g/mol. The molecule has 0 radical (unpaired) electrons. The van der Waals surface area contributed by atoms with E-state index in [1.54, 1.807) is 12.1 Å². The van der Waals surface area contributed by atoms with Crippen molar-refractivity contribution in [1.82, 2.24) is 10.6 Å². The summed E-state index contributed by atoms with van der Waals surface area (Å²) >= 11 is 0. The van der Waals surface area contributed by atoms with Gasteiger partial charge in [0.15, 0.2) is 5.96 Å². The molecule has 2 fully saturated rings. The predicted molar refractivity (Wildman–Crippen MR) is 107 cm³/mol. The smallest absolute Gasteiger partial charge is 0.191 e. The van der Waals surface area contributed by atoms with Crippen molar-refractivity contribution in [2.45, 2.75) is 57.5 Å². The van der Waals surface area contributed by atoms with Crippen LogP contribution in [0.25, 0.3) is 0 Å². The number of nitrogens with zero attached hydrogens (tertiary/aromatic N) is 1. The third-order valence-corrected chi connectivity index (χ3v) is 4.43. The summed E-state index contributed by atoms with van der Waals surface area (Å²) in [6.07, 6.45) is 3.99. The Labute approximate surface area is 165 Å². The first-order valence-electron chi connectivity index (χ1n) is 8.76. The zero-order valence-electron chi connectivity index (χ0n) is 14.7. The number of ether oxygens (including phenoxy) is 2. The number of hydrogen-bond acceptors (Lipinski definition) is 3. The molecule has 0 aliphatic carbocycles. The Hall–Kier alpha value is -1.09. The first kappa shape index (κ1) is 20.2. The second-order valence-corrected chi connectivity index (χ2v) is 6.46. The van der Waals surface area contributed by atoms with Crippen LogP contribution >= 0.6 is 24.0 Å². The largest absolute Gasteiger partial charge is 0.489 e. The van der Waals surface area contributed by atoms with Crippen molar-refractivity contribution in [3.05, 3.63) is 30.1 Å². The fraction of sp³-hybridized carbons (Fsp3) is 0.611. The minimum Gasteiger partial charge on any atom is -0.489 e. The molecule has 0 spiro atoms. The summed E-state index contributed by atoms with van der Waals surface area (Å²) in [6.45, 7) is 5.33. The van der Waals surface area contributed by atoms with Crippen molar-refractivity contribution in [2.75, 3.05) is 13.1 Å². The summed E-state index contributed by atoms with van der Waals surface area (Å²) in [4.78, 5) is 4.61. The van der Waals surface area contributed by atoms with Gasteiger partial charge in [0.2, 0.25) is 0 Å². The summed E-state index contributed by atoms with van der Waals surface area (Å²) < 4.78 is 24.6. The number of rotatable bonds is 6. The normalized spacial score (nSPS) is 26.0. The number of halogens is 2. The second-order valence-electron chi connectivity index (χ2n) is 6.46. The van der Waals surface area contributed by atoms with Crippen molar-refractivity contribution in [3.8, 4) is 5.75 Å². The molecule has 1 aromatic rings. The Morgan fingerprint density at radius 3 is 2.72 bits per heavy atom. The summed E-state index contributed by atoms with van der Waals surface area (Å²) in [5, 5.41) is 6.76. The summed E-state index contributed by atoms with van der Waals surface area (Å²) in [5.41, 5.74) is 0. The number of guanidine groups is 1. The molecule has 2 aliphatic heterocycles. The lowest BCUT2D eigenvalue weighted by atomic mass is 9.96. The van der Waals surface area contributed by atoms with E-state index in [1.807, 2.05) is 13.8 Å². The van der Waals surface area contributed by atoms with Crippen LogP contribution < -0.4 is 15.4 Å². The SMILES string of the molecule is CCNC(=NCC(C)Oc1ccc(F)cc1)NC1CC2CCC1O2.I. The van der Waals surface area contributed by atoms with Gasteiger partial charge >= 0.3 is 0 Å². The highest BCUT2D eigenvalue weighted by Crippen LogP contribution is 2.34. The molecule has 0 saturated carbocycles. The molecule has 4 atom stereocenters. The molecule has 2 heterocycles. The Kier molecular flexibility index (Phi) is 7.74. The molecule has 25 heavy (non-hydrogen) atoms. The van der Waals surface area contributed by atoms with Gasteiger partial charge in [-0.05, 0) is 57.4 Å². The minimum atomic E-state index is -0.264. The van der Waals surface area contributed by atoms with Gasteiger partial charge in [-0.15, -0.1) is 24.0 Å². The van der Waals surface area contributed by atoms with E-state index in [2.05, 4.69) is 15.6 Å². The fourth-order valence-corrected chi connectivity index (χ4v) is 3.29. The number of nitrogens with one attached hydrogen (secondary N) is 2. The summed E-state index contributed by atoms with van der Waals surface area (Å²) in [6, 6.07) is 6.39. The Bertz CT molecular complexity index is 570. The maximum absolute atomic E-state index is 12.9. The standard InChI is InChI=1S/C18H26FN3O2.HI/c1-3-20-18(22-16-10-15-8-9-17(16)24-15)21-11-12(2)23-14-6-4-13(19)5-7-14;/h4-7,12,15-17H,3,8-11H2,1-2H3,(H2,20,21,22);1H. The lowest BCUT2D eigenvalue weighted by Gasteiger charge is -2.23. The Morgan fingerprint density at radius 1 is 1.36 bits per heavy atom. The number of benzene rings is 1. The maximum Gasteiger partial charge on any atom is 0.191 e. The van der Waals surface area contributed by atoms with Crippen LogP contribution in [0.15, 0.2) is 29.3 Å². The molecule has 5 nitrogen and oxygen atoms in total. The van der Waals surface area contributed by atoms with Gasteiger partial charge in [0.05, 0.1) is 24.8 Å². The van der Waals surface area contributed by atoms with E-state index < -0.39 is 0 Å². The van der Waals surface area contributed by atoms with Crippen LogP contribution in [0.1, 0.15) is 33.1 Å². The van der Waals surface area contributed by atoms with Gasteiger partial charge in [-0.2, -0.15) is 0 Å². The molecule has 7 heteroatoms. The summed E-state index contributed by atoms with van der Waals surface area (Å²) in [5.74, 6) is 1.19. The maximum atomic E-state index is 12.9. The Balaban J connectivity index is 0.00000225. The van der Waals surface area contributed by atoms with Gasteiger partial charge in [0, 0.05) is 6.54 Å². The molecule has 2 bridgehead atoms. The van der Waals surface area contributed by atoms with Crippen molar-refractivity contribution in [1.29, 1.82) is 0 Å². The molecule has 2 saturated heterocycles. The van der Waals surface area contributed by atoms with Crippen molar-refractivity contribution in [2.24, 2.45) is 4.99 Å². The van der Waals surface area contributed by atoms with Crippen LogP contribution in [0.4, 0.5) is 4.39 Å². The van der Waals surface area contributed by atoms with Gasteiger partial charge < -0.3 is 20.1 Å². The first-order valence-corrected chi connectivity index (χ1v) is 8.76. The average Bonchev–Trinajstić information content (AvgIpc) is 3.18. The Morgan fingerprint density at radius 2 is 2.12 bits per heavy atom. The van der Waals surface area contributed by atoms with Crippen LogP contribution in [0.2, 0.25) is 0 Å². The lowest BCUT2D eigenvalue weighted by molar-refractivity contribution is 0.0992. The molecule has 4 unspecified atom stereocenters. The molecular formula is C18H27FIN3O2. The summed E-state index contributed by atoms with van der Waals surface area (Å²) in [7, 11) is 0. The predicted octanol–water partition coefficient (Wildman–Crippen LogP) is 3.09. The van der Waals surface area contributed by atoms with Crippen LogP contribution in [0.3, 0.4) is 0 Å².